The Morgan fingerprint density at radius 3 is 2.75 bits per heavy atom. The number of carbonyl (C=O) groups is 1. The molecule has 1 aromatic carbocycles. The van der Waals surface area contributed by atoms with Crippen LogP contribution in [0, 0.1) is 11.3 Å². The van der Waals surface area contributed by atoms with Gasteiger partial charge in [-0.05, 0) is 17.5 Å². The molecular formula is C13H12N2O. The first-order chi connectivity index (χ1) is 7.72. The third-order valence-electron chi connectivity index (χ3n) is 2.81. The molecule has 2 rings (SSSR count). The van der Waals surface area contributed by atoms with Crippen molar-refractivity contribution in [2.75, 3.05) is 6.54 Å². The van der Waals surface area contributed by atoms with Gasteiger partial charge in [-0.3, -0.25) is 4.79 Å². The molecule has 0 atom stereocenters. The Kier molecular flexibility index (Phi) is 2.74. The largest absolute Gasteiger partial charge is 0.333 e. The van der Waals surface area contributed by atoms with Gasteiger partial charge < -0.3 is 4.90 Å². The number of amides is 1. The minimum absolute atomic E-state index is 0.0133. The molecule has 3 heteroatoms. The van der Waals surface area contributed by atoms with Crippen molar-refractivity contribution in [1.82, 2.24) is 4.90 Å². The standard InChI is InChI=1S/C13H12N2O/c1-10(8-14)13(16)15-7-6-11-4-2-3-5-12(11)9-15/h2-5H,1,6-7,9H2. The van der Waals surface area contributed by atoms with Crippen LogP contribution in [0.25, 0.3) is 0 Å². The van der Waals surface area contributed by atoms with Crippen molar-refractivity contribution >= 4 is 5.91 Å². The zero-order chi connectivity index (χ0) is 11.5. The Morgan fingerprint density at radius 2 is 2.06 bits per heavy atom. The summed E-state index contributed by atoms with van der Waals surface area (Å²) >= 11 is 0. The topological polar surface area (TPSA) is 44.1 Å². The van der Waals surface area contributed by atoms with Crippen LogP contribution in [0.2, 0.25) is 0 Å². The van der Waals surface area contributed by atoms with Crippen molar-refractivity contribution in [3.63, 3.8) is 0 Å². The molecule has 0 radical (unpaired) electrons. The van der Waals surface area contributed by atoms with Gasteiger partial charge in [0.25, 0.3) is 5.91 Å². The van der Waals surface area contributed by atoms with Gasteiger partial charge in [-0.1, -0.05) is 30.8 Å². The minimum atomic E-state index is -0.253. The van der Waals surface area contributed by atoms with Crippen LogP contribution in [-0.2, 0) is 17.8 Å². The highest BCUT2D eigenvalue weighted by Gasteiger charge is 2.21. The summed E-state index contributed by atoms with van der Waals surface area (Å²) in [6.45, 7) is 4.69. The minimum Gasteiger partial charge on any atom is -0.333 e. The van der Waals surface area contributed by atoms with Crippen molar-refractivity contribution < 1.29 is 4.79 Å². The first-order valence-electron chi connectivity index (χ1n) is 5.17. The van der Waals surface area contributed by atoms with Gasteiger partial charge in [0.05, 0.1) is 0 Å². The Bertz CT molecular complexity index is 485. The summed E-state index contributed by atoms with van der Waals surface area (Å²) in [6, 6.07) is 9.87. The molecule has 0 saturated carbocycles. The number of nitriles is 1. The van der Waals surface area contributed by atoms with E-state index in [-0.39, 0.29) is 11.5 Å². The van der Waals surface area contributed by atoms with Crippen LogP contribution >= 0.6 is 0 Å². The lowest BCUT2D eigenvalue weighted by Crippen LogP contribution is -2.36. The molecule has 80 valence electrons. The van der Waals surface area contributed by atoms with Crippen molar-refractivity contribution in [1.29, 1.82) is 5.26 Å². The Morgan fingerprint density at radius 1 is 1.38 bits per heavy atom. The van der Waals surface area contributed by atoms with E-state index >= 15 is 0 Å². The fourth-order valence-electron chi connectivity index (χ4n) is 1.91. The van der Waals surface area contributed by atoms with Gasteiger partial charge in [0, 0.05) is 13.1 Å². The third kappa shape index (κ3) is 1.82. The second-order valence-corrected chi connectivity index (χ2v) is 3.84. The van der Waals surface area contributed by atoms with E-state index in [2.05, 4.69) is 12.6 Å². The smallest absolute Gasteiger partial charge is 0.264 e. The quantitative estimate of drug-likeness (QED) is 0.525. The number of nitrogens with zero attached hydrogens (tertiary/aromatic N) is 2. The molecule has 1 aliphatic rings. The van der Waals surface area contributed by atoms with Gasteiger partial charge in [-0.2, -0.15) is 5.26 Å². The van der Waals surface area contributed by atoms with E-state index in [1.807, 2.05) is 18.2 Å². The van der Waals surface area contributed by atoms with Gasteiger partial charge in [0.2, 0.25) is 0 Å². The maximum atomic E-state index is 11.7. The molecule has 0 bridgehead atoms. The van der Waals surface area contributed by atoms with Gasteiger partial charge in [0.1, 0.15) is 11.6 Å². The van der Waals surface area contributed by atoms with Crippen molar-refractivity contribution in [3.8, 4) is 6.07 Å². The van der Waals surface area contributed by atoms with Crippen molar-refractivity contribution in [3.05, 3.63) is 47.5 Å². The third-order valence-corrected chi connectivity index (χ3v) is 2.81. The Hall–Kier alpha value is -2.08. The Labute approximate surface area is 94.6 Å². The molecule has 0 aromatic heterocycles. The van der Waals surface area contributed by atoms with Gasteiger partial charge >= 0.3 is 0 Å². The van der Waals surface area contributed by atoms with Crippen molar-refractivity contribution in [2.45, 2.75) is 13.0 Å². The molecule has 0 aliphatic carbocycles. The van der Waals surface area contributed by atoms with Crippen LogP contribution in [0.5, 0.6) is 0 Å². The molecule has 0 saturated heterocycles. The number of fused-ring (bicyclic) bond motifs is 1. The molecule has 1 heterocycles. The summed E-state index contributed by atoms with van der Waals surface area (Å²) in [5, 5.41) is 8.63. The lowest BCUT2D eigenvalue weighted by molar-refractivity contribution is -0.127. The lowest BCUT2D eigenvalue weighted by Gasteiger charge is -2.28. The van der Waals surface area contributed by atoms with Crippen LogP contribution in [-0.4, -0.2) is 17.4 Å². The first kappa shape index (κ1) is 10.4. The zero-order valence-corrected chi connectivity index (χ0v) is 8.94. The van der Waals surface area contributed by atoms with E-state index in [1.54, 1.807) is 11.0 Å². The second-order valence-electron chi connectivity index (χ2n) is 3.84. The van der Waals surface area contributed by atoms with Gasteiger partial charge in [0.15, 0.2) is 0 Å². The van der Waals surface area contributed by atoms with E-state index < -0.39 is 0 Å². The number of carbonyl (C=O) groups excluding carboxylic acids is 1. The summed E-state index contributed by atoms with van der Waals surface area (Å²) in [4.78, 5) is 13.4. The van der Waals surface area contributed by atoms with Crippen molar-refractivity contribution in [2.24, 2.45) is 0 Å². The van der Waals surface area contributed by atoms with E-state index in [0.29, 0.717) is 13.1 Å². The highest BCUT2D eigenvalue weighted by atomic mass is 16.2. The van der Waals surface area contributed by atoms with Crippen LogP contribution < -0.4 is 0 Å². The van der Waals surface area contributed by atoms with E-state index in [1.165, 1.54) is 5.56 Å². The second kappa shape index (κ2) is 4.19. The SMILES string of the molecule is C=C(C#N)C(=O)N1CCc2ccccc2C1. The number of hydrogen-bond donors (Lipinski definition) is 0. The molecule has 1 aliphatic heterocycles. The maximum absolute atomic E-state index is 11.7. The normalized spacial score (nSPS) is 13.8. The first-order valence-corrected chi connectivity index (χ1v) is 5.17. The molecule has 1 aromatic rings. The highest BCUT2D eigenvalue weighted by molar-refractivity contribution is 5.96. The average molecular weight is 212 g/mol. The molecule has 0 fully saturated rings. The average Bonchev–Trinajstić information content (AvgIpc) is 2.36. The van der Waals surface area contributed by atoms with E-state index in [0.717, 1.165) is 12.0 Å². The predicted octanol–water partition coefficient (Wildman–Crippen LogP) is 1.65. The van der Waals surface area contributed by atoms with Crippen LogP contribution in [0.3, 0.4) is 0 Å². The van der Waals surface area contributed by atoms with E-state index in [4.69, 9.17) is 5.26 Å². The monoisotopic (exact) mass is 212 g/mol. The number of rotatable bonds is 1. The summed E-state index contributed by atoms with van der Waals surface area (Å²) in [5.74, 6) is -0.253. The van der Waals surface area contributed by atoms with Crippen LogP contribution in [0.4, 0.5) is 0 Å². The zero-order valence-electron chi connectivity index (χ0n) is 8.94. The molecule has 0 unspecified atom stereocenters. The molecule has 3 nitrogen and oxygen atoms in total. The molecule has 16 heavy (non-hydrogen) atoms. The fourth-order valence-corrected chi connectivity index (χ4v) is 1.91. The lowest BCUT2D eigenvalue weighted by atomic mass is 9.99. The fraction of sp³-hybridized carbons (Fsp3) is 0.231. The highest BCUT2D eigenvalue weighted by Crippen LogP contribution is 2.19. The number of hydrogen-bond acceptors (Lipinski definition) is 2. The predicted molar refractivity (Wildman–Crippen MR) is 60.3 cm³/mol. The van der Waals surface area contributed by atoms with Crippen LogP contribution in [0.1, 0.15) is 11.1 Å². The molecule has 0 N–H and O–H groups in total. The van der Waals surface area contributed by atoms with Crippen LogP contribution in [0.15, 0.2) is 36.4 Å². The maximum Gasteiger partial charge on any atom is 0.264 e. The molecular weight excluding hydrogens is 200 g/mol. The summed E-state index contributed by atoms with van der Waals surface area (Å²) in [5.41, 5.74) is 2.46. The number of benzene rings is 1. The summed E-state index contributed by atoms with van der Waals surface area (Å²) in [6.07, 6.45) is 0.848. The van der Waals surface area contributed by atoms with Gasteiger partial charge in [-0.25, -0.2) is 0 Å². The van der Waals surface area contributed by atoms with E-state index in [9.17, 15) is 4.79 Å². The molecule has 0 spiro atoms. The Balaban J connectivity index is 2.18. The summed E-state index contributed by atoms with van der Waals surface area (Å²) in [7, 11) is 0. The summed E-state index contributed by atoms with van der Waals surface area (Å²) < 4.78 is 0. The van der Waals surface area contributed by atoms with Gasteiger partial charge in [-0.15, -0.1) is 0 Å². The molecule has 1 amide bonds.